The van der Waals surface area contributed by atoms with E-state index in [-0.39, 0.29) is 13.2 Å². The first-order valence-electron chi connectivity index (χ1n) is 3.68. The zero-order valence-electron chi connectivity index (χ0n) is 6.84. The van der Waals surface area contributed by atoms with E-state index in [1.165, 1.54) is 0 Å². The van der Waals surface area contributed by atoms with Crippen LogP contribution in [0.2, 0.25) is 0 Å². The van der Waals surface area contributed by atoms with Gasteiger partial charge in [0.05, 0.1) is 6.61 Å². The van der Waals surface area contributed by atoms with E-state index in [0.29, 0.717) is 11.1 Å². The van der Waals surface area contributed by atoms with Crippen molar-refractivity contribution in [3.8, 4) is 0 Å². The molecule has 0 saturated carbocycles. The van der Waals surface area contributed by atoms with Crippen molar-refractivity contribution in [3.63, 3.8) is 0 Å². The van der Waals surface area contributed by atoms with E-state index in [9.17, 15) is 10.1 Å². The number of nitrogens with zero attached hydrogens (tertiary/aromatic N) is 1. The number of hydrogen-bond donors (Lipinski definition) is 1. The summed E-state index contributed by atoms with van der Waals surface area (Å²) in [4.78, 5) is 14.0. The van der Waals surface area contributed by atoms with E-state index >= 15 is 0 Å². The second-order valence-electron chi connectivity index (χ2n) is 2.48. The summed E-state index contributed by atoms with van der Waals surface area (Å²) in [6, 6.07) is 6.80. The minimum Gasteiger partial charge on any atom is -0.392 e. The molecule has 1 aromatic rings. The molecule has 13 heavy (non-hydrogen) atoms. The molecular weight excluding hydrogens is 174 g/mol. The van der Waals surface area contributed by atoms with Crippen LogP contribution in [0.4, 0.5) is 0 Å². The smallest absolute Gasteiger partial charge is 0.294 e. The van der Waals surface area contributed by atoms with Crippen molar-refractivity contribution >= 4 is 0 Å². The van der Waals surface area contributed by atoms with Crippen molar-refractivity contribution in [1.82, 2.24) is 0 Å². The Morgan fingerprint density at radius 2 is 2.15 bits per heavy atom. The number of aliphatic hydroxyl groups is 1. The van der Waals surface area contributed by atoms with Crippen LogP contribution < -0.4 is 0 Å². The van der Waals surface area contributed by atoms with Crippen LogP contribution in [0, 0.1) is 10.1 Å². The Labute approximate surface area is 74.7 Å². The van der Waals surface area contributed by atoms with Crippen molar-refractivity contribution in [2.24, 2.45) is 0 Å². The topological polar surface area (TPSA) is 72.6 Å². The molecule has 0 radical (unpaired) electrons. The predicted molar refractivity (Wildman–Crippen MR) is 44.1 cm³/mol. The zero-order chi connectivity index (χ0) is 9.68. The summed E-state index contributed by atoms with van der Waals surface area (Å²) in [5.41, 5.74) is 1.38. The molecule has 1 aromatic carbocycles. The second-order valence-corrected chi connectivity index (χ2v) is 2.48. The average molecular weight is 183 g/mol. The molecule has 0 amide bonds. The molecule has 1 rings (SSSR count). The van der Waals surface area contributed by atoms with Gasteiger partial charge < -0.3 is 9.94 Å². The lowest BCUT2D eigenvalue weighted by atomic mass is 10.1. The molecule has 0 spiro atoms. The molecule has 0 fully saturated rings. The Morgan fingerprint density at radius 3 is 2.77 bits per heavy atom. The Hall–Kier alpha value is -1.62. The van der Waals surface area contributed by atoms with Crippen molar-refractivity contribution < 1.29 is 15.0 Å². The summed E-state index contributed by atoms with van der Waals surface area (Å²) in [6.07, 6.45) is 0. The van der Waals surface area contributed by atoms with Crippen LogP contribution in [0.15, 0.2) is 24.3 Å². The highest BCUT2D eigenvalue weighted by Crippen LogP contribution is 2.06. The van der Waals surface area contributed by atoms with Crippen molar-refractivity contribution in [3.05, 3.63) is 45.5 Å². The fourth-order valence-electron chi connectivity index (χ4n) is 0.945. The van der Waals surface area contributed by atoms with Gasteiger partial charge in [-0.05, 0) is 11.1 Å². The molecule has 0 saturated heterocycles. The third kappa shape index (κ3) is 3.08. The van der Waals surface area contributed by atoms with Gasteiger partial charge in [0.1, 0.15) is 6.61 Å². The number of hydrogen-bond acceptors (Lipinski definition) is 4. The van der Waals surface area contributed by atoms with Crippen LogP contribution >= 0.6 is 0 Å². The highest BCUT2D eigenvalue weighted by molar-refractivity contribution is 5.22. The van der Waals surface area contributed by atoms with E-state index < -0.39 is 5.09 Å². The Balaban J connectivity index is 2.61. The quantitative estimate of drug-likeness (QED) is 0.555. The summed E-state index contributed by atoms with van der Waals surface area (Å²) >= 11 is 0. The van der Waals surface area contributed by atoms with Crippen LogP contribution in [0.1, 0.15) is 11.1 Å². The van der Waals surface area contributed by atoms with Gasteiger partial charge in [0, 0.05) is 0 Å². The first kappa shape index (κ1) is 9.47. The van der Waals surface area contributed by atoms with Crippen molar-refractivity contribution in [1.29, 1.82) is 0 Å². The number of rotatable bonds is 4. The molecule has 0 atom stereocenters. The number of aliphatic hydroxyl groups excluding tert-OH is 1. The van der Waals surface area contributed by atoms with Gasteiger partial charge in [0.2, 0.25) is 0 Å². The molecule has 5 nitrogen and oxygen atoms in total. The maximum Gasteiger partial charge on any atom is 0.294 e. The zero-order valence-corrected chi connectivity index (χ0v) is 6.84. The summed E-state index contributed by atoms with van der Waals surface area (Å²) in [7, 11) is 0. The second kappa shape index (κ2) is 4.42. The van der Waals surface area contributed by atoms with Gasteiger partial charge in [-0.3, -0.25) is 0 Å². The molecule has 0 unspecified atom stereocenters. The van der Waals surface area contributed by atoms with Gasteiger partial charge in [-0.25, -0.2) is 0 Å². The first-order valence-corrected chi connectivity index (χ1v) is 3.68. The van der Waals surface area contributed by atoms with Crippen LogP contribution in [0.5, 0.6) is 0 Å². The molecule has 70 valence electrons. The maximum atomic E-state index is 9.86. The largest absolute Gasteiger partial charge is 0.392 e. The molecule has 1 N–H and O–H groups in total. The van der Waals surface area contributed by atoms with Crippen LogP contribution in [0.3, 0.4) is 0 Å². The van der Waals surface area contributed by atoms with Gasteiger partial charge in [0.15, 0.2) is 0 Å². The highest BCUT2D eigenvalue weighted by Gasteiger charge is 1.98. The molecular formula is C8H9NO4. The minimum absolute atomic E-state index is 0.0771. The minimum atomic E-state index is -0.842. The molecule has 0 bridgehead atoms. The average Bonchev–Trinajstić information content (AvgIpc) is 2.15. The van der Waals surface area contributed by atoms with Crippen molar-refractivity contribution in [2.75, 3.05) is 0 Å². The summed E-state index contributed by atoms with van der Waals surface area (Å²) < 4.78 is 0. The lowest BCUT2D eigenvalue weighted by molar-refractivity contribution is -0.763. The monoisotopic (exact) mass is 183 g/mol. The molecule has 0 heterocycles. The predicted octanol–water partition coefficient (Wildman–Crippen LogP) is 0.887. The van der Waals surface area contributed by atoms with Crippen LogP contribution in [-0.2, 0) is 18.1 Å². The standard InChI is InChI=1S/C8H9NO4/c10-5-7-2-1-3-8(4-7)6-13-9(11)12/h1-4,10H,5-6H2. The Bertz CT molecular complexity index is 300. The fraction of sp³-hybridized carbons (Fsp3) is 0.250. The Morgan fingerprint density at radius 1 is 1.46 bits per heavy atom. The lowest BCUT2D eigenvalue weighted by Crippen LogP contribution is -2.00. The van der Waals surface area contributed by atoms with E-state index in [4.69, 9.17) is 5.11 Å². The van der Waals surface area contributed by atoms with Crippen molar-refractivity contribution in [2.45, 2.75) is 13.2 Å². The van der Waals surface area contributed by atoms with E-state index in [0.717, 1.165) is 0 Å². The van der Waals surface area contributed by atoms with Gasteiger partial charge in [0.25, 0.3) is 5.09 Å². The molecule has 0 aliphatic rings. The molecule has 0 aromatic heterocycles. The normalized spacial score (nSPS) is 9.62. The fourth-order valence-corrected chi connectivity index (χ4v) is 0.945. The van der Waals surface area contributed by atoms with Crippen LogP contribution in [-0.4, -0.2) is 10.2 Å². The van der Waals surface area contributed by atoms with Crippen LogP contribution in [0.25, 0.3) is 0 Å². The van der Waals surface area contributed by atoms with E-state index in [2.05, 4.69) is 4.84 Å². The third-order valence-corrected chi connectivity index (χ3v) is 1.51. The lowest BCUT2D eigenvalue weighted by Gasteiger charge is -2.01. The highest BCUT2D eigenvalue weighted by atomic mass is 16.9. The van der Waals surface area contributed by atoms with Gasteiger partial charge >= 0.3 is 0 Å². The summed E-state index contributed by atoms with van der Waals surface area (Å²) in [5.74, 6) is 0. The van der Waals surface area contributed by atoms with Gasteiger partial charge in [-0.2, -0.15) is 0 Å². The number of benzene rings is 1. The summed E-state index contributed by atoms with van der Waals surface area (Å²) in [6.45, 7) is -0.160. The maximum absolute atomic E-state index is 9.86. The molecule has 0 aliphatic carbocycles. The molecule has 5 heteroatoms. The third-order valence-electron chi connectivity index (χ3n) is 1.51. The molecule has 0 aliphatic heterocycles. The Kier molecular flexibility index (Phi) is 3.22. The first-order chi connectivity index (χ1) is 6.22. The van der Waals surface area contributed by atoms with Gasteiger partial charge in [-0.15, -0.1) is 10.1 Å². The van der Waals surface area contributed by atoms with Gasteiger partial charge in [-0.1, -0.05) is 24.3 Å². The van der Waals surface area contributed by atoms with E-state index in [1.54, 1.807) is 24.3 Å². The summed E-state index contributed by atoms with van der Waals surface area (Å²) in [5, 5.41) is 17.8. The van der Waals surface area contributed by atoms with E-state index in [1.807, 2.05) is 0 Å². The SMILES string of the molecule is O=[N+]([O-])OCc1cccc(CO)c1.